The normalized spacial score (nSPS) is 12.1. The lowest BCUT2D eigenvalue weighted by Crippen LogP contribution is -2.05. The van der Waals surface area contributed by atoms with Crippen molar-refractivity contribution in [1.29, 1.82) is 0 Å². The average Bonchev–Trinajstić information content (AvgIpc) is 2.95. The van der Waals surface area contributed by atoms with E-state index < -0.39 is 64.6 Å². The molecule has 0 heterocycles. The summed E-state index contributed by atoms with van der Waals surface area (Å²) in [6, 6.07) is 12.8. The van der Waals surface area contributed by atoms with E-state index in [1.807, 2.05) is 0 Å². The molecule has 226 valence electrons. The second-order valence-electron chi connectivity index (χ2n) is 8.72. The van der Waals surface area contributed by atoms with Crippen molar-refractivity contribution in [2.75, 3.05) is 0 Å². The maximum Gasteiger partial charge on any atom is 0.339 e. The highest BCUT2D eigenvalue weighted by atomic mass is 32.2. The van der Waals surface area contributed by atoms with E-state index in [-0.39, 0.29) is 33.9 Å². The van der Waals surface area contributed by atoms with E-state index in [0.717, 1.165) is 48.5 Å². The van der Waals surface area contributed by atoms with Crippen LogP contribution in [-0.2, 0) is 20.2 Å². The zero-order chi connectivity index (χ0) is 32.4. The second kappa shape index (κ2) is 12.0. The van der Waals surface area contributed by atoms with Gasteiger partial charge >= 0.3 is 11.9 Å². The summed E-state index contributed by atoms with van der Waals surface area (Å²) in [6.07, 6.45) is 0. The average molecular weight is 643 g/mol. The molecule has 0 aliphatic rings. The van der Waals surface area contributed by atoms with Crippen molar-refractivity contribution in [1.82, 2.24) is 0 Å². The van der Waals surface area contributed by atoms with Crippen molar-refractivity contribution < 1.29 is 56.0 Å². The molecule has 0 spiro atoms. The number of aromatic hydroxyl groups is 2. The van der Waals surface area contributed by atoms with Gasteiger partial charge in [-0.3, -0.25) is 9.11 Å². The van der Waals surface area contributed by atoms with Gasteiger partial charge in [0.2, 0.25) is 0 Å². The lowest BCUT2D eigenvalue weighted by atomic mass is 10.0. The molecule has 0 bridgehead atoms. The minimum absolute atomic E-state index is 0.0254. The van der Waals surface area contributed by atoms with E-state index in [1.54, 1.807) is 0 Å². The summed E-state index contributed by atoms with van der Waals surface area (Å²) >= 11 is 0. The van der Waals surface area contributed by atoms with Gasteiger partial charge in [0, 0.05) is 11.1 Å². The summed E-state index contributed by atoms with van der Waals surface area (Å²) < 4.78 is 69.0. The first-order valence-corrected chi connectivity index (χ1v) is 14.6. The van der Waals surface area contributed by atoms with E-state index in [2.05, 4.69) is 20.5 Å². The van der Waals surface area contributed by atoms with E-state index in [4.69, 9.17) is 10.2 Å². The van der Waals surface area contributed by atoms with Crippen LogP contribution >= 0.6 is 0 Å². The van der Waals surface area contributed by atoms with E-state index in [0.29, 0.717) is 0 Å². The van der Waals surface area contributed by atoms with Gasteiger partial charge in [0.05, 0.1) is 22.7 Å². The van der Waals surface area contributed by atoms with Gasteiger partial charge in [-0.15, -0.1) is 0 Å². The number of hydrogen-bond acceptors (Lipinski definition) is 12. The van der Waals surface area contributed by atoms with Gasteiger partial charge < -0.3 is 20.4 Å². The summed E-state index contributed by atoms with van der Waals surface area (Å²) in [5, 5.41) is 52.7. The van der Waals surface area contributed by atoms with Crippen LogP contribution in [0.3, 0.4) is 0 Å². The van der Waals surface area contributed by atoms with Gasteiger partial charge in [0.25, 0.3) is 20.2 Å². The molecule has 0 unspecified atom stereocenters. The minimum atomic E-state index is -5.04. The molecule has 0 fully saturated rings. The van der Waals surface area contributed by atoms with Crippen LogP contribution in [0.1, 0.15) is 20.7 Å². The van der Waals surface area contributed by atoms with Crippen LogP contribution in [0, 0.1) is 0 Å². The number of nitrogens with zero attached hydrogens (tertiary/aromatic N) is 4. The number of azo groups is 2. The van der Waals surface area contributed by atoms with Crippen molar-refractivity contribution >= 4 is 54.9 Å². The molecule has 4 rings (SSSR count). The zero-order valence-corrected chi connectivity index (χ0v) is 23.3. The smallest absolute Gasteiger partial charge is 0.339 e. The van der Waals surface area contributed by atoms with E-state index in [1.165, 1.54) is 24.3 Å². The SMILES string of the molecule is O=C(O)c1cc(/N=N/c2ccc(-c3ccc(/N=N/c4ccc(O)c(C(=O)O)c4)cc3S(=O)(=O)O)c(S(=O)(=O)O)c2)ccc1O. The Bertz CT molecular complexity index is 1960. The molecule has 6 N–H and O–H groups in total. The van der Waals surface area contributed by atoms with Crippen molar-refractivity contribution in [2.24, 2.45) is 20.5 Å². The molecule has 18 heteroatoms. The maximum absolute atomic E-state index is 12.3. The van der Waals surface area contributed by atoms with E-state index in [9.17, 15) is 45.7 Å². The second-order valence-corrected chi connectivity index (χ2v) is 11.5. The Balaban J connectivity index is 1.77. The predicted octanol–water partition coefficient (Wildman–Crippen LogP) is 5.49. The molecule has 0 atom stereocenters. The first-order chi connectivity index (χ1) is 20.5. The summed E-state index contributed by atoms with van der Waals surface area (Å²) in [6.45, 7) is 0. The fraction of sp³-hybridized carbons (Fsp3) is 0. The van der Waals surface area contributed by atoms with Gasteiger partial charge in [0.15, 0.2) is 0 Å². The Hall–Kier alpha value is -5.56. The largest absolute Gasteiger partial charge is 0.507 e. The fourth-order valence-electron chi connectivity index (χ4n) is 3.76. The van der Waals surface area contributed by atoms with Crippen molar-refractivity contribution in [2.45, 2.75) is 9.79 Å². The lowest BCUT2D eigenvalue weighted by molar-refractivity contribution is 0.0682. The molecule has 0 aromatic heterocycles. The quantitative estimate of drug-likeness (QED) is 0.0977. The molecular formula is C26H18N4O12S2. The third-order valence-electron chi connectivity index (χ3n) is 5.76. The van der Waals surface area contributed by atoms with Crippen LogP contribution in [0.2, 0.25) is 0 Å². The number of carboxylic acids is 2. The topological polar surface area (TPSA) is 273 Å². The standard InChI is InChI=1S/C26H18N4O12S2/c31-21-7-3-13(9-19(21)25(33)34)27-29-15-1-5-17(23(11-15)43(37,38)39)18-6-2-16(12-24(18)44(40,41)42)30-28-14-4-8-22(32)20(10-14)26(35)36/h1-12,31-32H,(H,33,34)(H,35,36)(H,37,38,39)(H,40,41,42)/b29-27+,30-28+. The molecule has 4 aromatic carbocycles. The Morgan fingerprint density at radius 2 is 0.795 bits per heavy atom. The Morgan fingerprint density at radius 3 is 1.09 bits per heavy atom. The first-order valence-electron chi connectivity index (χ1n) is 11.7. The van der Waals surface area contributed by atoms with Gasteiger partial charge in [-0.25, -0.2) is 9.59 Å². The fourth-order valence-corrected chi connectivity index (χ4v) is 5.22. The van der Waals surface area contributed by atoms with Gasteiger partial charge in [0.1, 0.15) is 32.4 Å². The number of rotatable bonds is 9. The Labute approximate surface area is 247 Å². The van der Waals surface area contributed by atoms with Crippen LogP contribution in [0.5, 0.6) is 11.5 Å². The monoisotopic (exact) mass is 642 g/mol. The number of aromatic carboxylic acids is 2. The first kappa shape index (κ1) is 31.4. The van der Waals surface area contributed by atoms with E-state index >= 15 is 0 Å². The molecule has 16 nitrogen and oxygen atoms in total. The third kappa shape index (κ3) is 7.07. The number of carboxylic acid groups (broad SMARTS) is 2. The summed E-state index contributed by atoms with van der Waals surface area (Å²) in [5.74, 6) is -3.92. The number of phenols is 2. The van der Waals surface area contributed by atoms with Crippen molar-refractivity contribution in [3.8, 4) is 22.6 Å². The van der Waals surface area contributed by atoms with Gasteiger partial charge in [-0.2, -0.15) is 37.3 Å². The van der Waals surface area contributed by atoms with Gasteiger partial charge in [-0.1, -0.05) is 12.1 Å². The van der Waals surface area contributed by atoms with Crippen LogP contribution in [0.25, 0.3) is 11.1 Å². The highest BCUT2D eigenvalue weighted by Gasteiger charge is 2.24. The summed E-state index contributed by atoms with van der Waals surface area (Å²) in [7, 11) is -10.1. The lowest BCUT2D eigenvalue weighted by Gasteiger charge is -2.12. The molecule has 0 aliphatic heterocycles. The maximum atomic E-state index is 12.3. The molecular weight excluding hydrogens is 624 g/mol. The predicted molar refractivity (Wildman–Crippen MR) is 150 cm³/mol. The minimum Gasteiger partial charge on any atom is -0.507 e. The number of benzene rings is 4. The molecule has 0 amide bonds. The van der Waals surface area contributed by atoms with Crippen LogP contribution in [0.4, 0.5) is 22.7 Å². The third-order valence-corrected chi connectivity index (χ3v) is 7.55. The van der Waals surface area contributed by atoms with Crippen LogP contribution in [0.15, 0.2) is 103 Å². The van der Waals surface area contributed by atoms with Crippen molar-refractivity contribution in [3.05, 3.63) is 83.9 Å². The number of hydrogen-bond donors (Lipinski definition) is 6. The van der Waals surface area contributed by atoms with Crippen LogP contribution in [-0.4, -0.2) is 58.3 Å². The molecule has 4 aromatic rings. The van der Waals surface area contributed by atoms with Crippen molar-refractivity contribution in [3.63, 3.8) is 0 Å². The van der Waals surface area contributed by atoms with Crippen LogP contribution < -0.4 is 0 Å². The van der Waals surface area contributed by atoms with Gasteiger partial charge in [-0.05, 0) is 60.7 Å². The molecule has 0 aliphatic carbocycles. The number of carbonyl (C=O) groups is 2. The summed E-state index contributed by atoms with van der Waals surface area (Å²) in [5.41, 5.74) is -2.06. The molecule has 44 heavy (non-hydrogen) atoms. The molecule has 0 radical (unpaired) electrons. The molecule has 0 saturated heterocycles. The molecule has 0 saturated carbocycles. The Kier molecular flexibility index (Phi) is 8.54. The highest BCUT2D eigenvalue weighted by molar-refractivity contribution is 7.86. The highest BCUT2D eigenvalue weighted by Crippen LogP contribution is 2.37. The zero-order valence-electron chi connectivity index (χ0n) is 21.7. The summed E-state index contributed by atoms with van der Waals surface area (Å²) in [4.78, 5) is 20.8. The Morgan fingerprint density at radius 1 is 0.500 bits per heavy atom.